The quantitative estimate of drug-likeness (QED) is 0.179. The van der Waals surface area contributed by atoms with Crippen molar-refractivity contribution in [3.8, 4) is 0 Å². The lowest BCUT2D eigenvalue weighted by molar-refractivity contribution is -0.137. The van der Waals surface area contributed by atoms with Crippen molar-refractivity contribution in [2.45, 2.75) is 26.3 Å². The van der Waals surface area contributed by atoms with Crippen LogP contribution in [0, 0.1) is 0 Å². The lowest BCUT2D eigenvalue weighted by atomic mass is 10.2. The third kappa shape index (κ3) is 7.58. The Balaban J connectivity index is 2.74. The first kappa shape index (κ1) is 22.3. The highest BCUT2D eigenvalue weighted by molar-refractivity contribution is 7.93. The average molecular weight is 399 g/mol. The van der Waals surface area contributed by atoms with Crippen LogP contribution < -0.4 is 11.5 Å². The summed E-state index contributed by atoms with van der Waals surface area (Å²) in [5, 5.41) is 16.9. The number of carboxylic acids is 1. The molecule has 0 fully saturated rings. The van der Waals surface area contributed by atoms with E-state index in [0.29, 0.717) is 25.1 Å². The van der Waals surface area contributed by atoms with Crippen LogP contribution in [0.15, 0.2) is 34.8 Å². The molecule has 1 aromatic rings. The summed E-state index contributed by atoms with van der Waals surface area (Å²) in [6.45, 7) is 4.75. The maximum Gasteiger partial charge on any atom is 0.318 e. The van der Waals surface area contributed by atoms with Crippen LogP contribution in [0.4, 0.5) is 0 Å². The number of carboxylic acid groups (broad SMARTS) is 1. The molecule has 1 aromatic heterocycles. The van der Waals surface area contributed by atoms with Crippen LogP contribution >= 0.6 is 0 Å². The number of guanidine groups is 1. The third-order valence-electron chi connectivity index (χ3n) is 3.46. The van der Waals surface area contributed by atoms with Gasteiger partial charge < -0.3 is 16.6 Å². The lowest BCUT2D eigenvalue weighted by Crippen LogP contribution is -2.38. The van der Waals surface area contributed by atoms with E-state index in [2.05, 4.69) is 21.9 Å². The van der Waals surface area contributed by atoms with Crippen LogP contribution in [-0.4, -0.2) is 64.4 Å². The van der Waals surface area contributed by atoms with Gasteiger partial charge in [0.25, 0.3) is 0 Å². The van der Waals surface area contributed by atoms with Crippen LogP contribution in [0.3, 0.4) is 0 Å². The molecule has 0 aliphatic heterocycles. The third-order valence-corrected chi connectivity index (χ3v) is 5.40. The second-order valence-electron chi connectivity index (χ2n) is 5.63. The van der Waals surface area contributed by atoms with Crippen LogP contribution in [0.1, 0.15) is 19.0 Å². The topological polar surface area (TPSA) is 170 Å². The first-order valence-corrected chi connectivity index (χ1v) is 9.56. The van der Waals surface area contributed by atoms with Gasteiger partial charge in [0.05, 0.1) is 17.1 Å². The average Bonchev–Trinajstić information content (AvgIpc) is 3.03. The van der Waals surface area contributed by atoms with E-state index in [-0.39, 0.29) is 24.0 Å². The van der Waals surface area contributed by atoms with Crippen LogP contribution in [-0.2, 0) is 27.8 Å². The molecular formula is C15H25N7O4S. The Kier molecular flexibility index (Phi) is 8.62. The number of allylic oxidation sites excluding steroid dienone is 3. The van der Waals surface area contributed by atoms with E-state index in [0.717, 1.165) is 4.31 Å². The molecule has 0 aromatic carbocycles. The van der Waals surface area contributed by atoms with Gasteiger partial charge in [-0.2, -0.15) is 4.31 Å². The van der Waals surface area contributed by atoms with Gasteiger partial charge in [0.15, 0.2) is 5.96 Å². The first-order valence-electron chi connectivity index (χ1n) is 8.12. The van der Waals surface area contributed by atoms with Crippen molar-refractivity contribution in [1.82, 2.24) is 19.3 Å². The van der Waals surface area contributed by atoms with Gasteiger partial charge in [-0.15, -0.1) is 5.10 Å². The number of aryl methyl sites for hydroxylation is 1. The summed E-state index contributed by atoms with van der Waals surface area (Å²) < 4.78 is 27.3. The summed E-state index contributed by atoms with van der Waals surface area (Å²) in [6, 6.07) is 0. The van der Waals surface area contributed by atoms with Crippen molar-refractivity contribution in [1.29, 1.82) is 0 Å². The van der Waals surface area contributed by atoms with Gasteiger partial charge in [-0.25, -0.2) is 8.42 Å². The van der Waals surface area contributed by atoms with E-state index in [1.165, 1.54) is 23.8 Å². The number of carbonyl (C=O) groups is 1. The van der Waals surface area contributed by atoms with Gasteiger partial charge >= 0.3 is 5.97 Å². The molecule has 0 amide bonds. The second-order valence-corrected chi connectivity index (χ2v) is 7.74. The summed E-state index contributed by atoms with van der Waals surface area (Å²) in [5.41, 5.74) is 11.2. The molecule has 0 saturated carbocycles. The molecule has 0 atom stereocenters. The van der Waals surface area contributed by atoms with Gasteiger partial charge in [0.2, 0.25) is 10.0 Å². The summed E-state index contributed by atoms with van der Waals surface area (Å²) in [6.07, 6.45) is 5.61. The zero-order chi connectivity index (χ0) is 20.4. The summed E-state index contributed by atoms with van der Waals surface area (Å²) in [5.74, 6) is -1.22. The van der Waals surface area contributed by atoms with Crippen molar-refractivity contribution in [3.63, 3.8) is 0 Å². The maximum absolute atomic E-state index is 12.5. The minimum Gasteiger partial charge on any atom is -0.480 e. The molecule has 0 aliphatic rings. The molecule has 0 bridgehead atoms. The number of nitrogens with two attached hydrogens (primary N) is 2. The van der Waals surface area contributed by atoms with Crippen molar-refractivity contribution in [3.05, 3.63) is 35.5 Å². The van der Waals surface area contributed by atoms with Crippen molar-refractivity contribution >= 4 is 22.0 Å². The first-order chi connectivity index (χ1) is 12.7. The normalized spacial score (nSPS) is 12.1. The number of rotatable bonds is 12. The molecule has 0 spiro atoms. The largest absolute Gasteiger partial charge is 0.480 e. The number of aromatic nitrogens is 3. The Morgan fingerprint density at radius 3 is 2.78 bits per heavy atom. The number of sulfonamides is 1. The van der Waals surface area contributed by atoms with E-state index in [1.54, 1.807) is 6.20 Å². The van der Waals surface area contributed by atoms with Crippen molar-refractivity contribution < 1.29 is 18.3 Å². The van der Waals surface area contributed by atoms with E-state index in [4.69, 9.17) is 16.6 Å². The molecule has 0 aliphatic carbocycles. The Hall–Kier alpha value is -2.73. The molecule has 150 valence electrons. The van der Waals surface area contributed by atoms with Crippen molar-refractivity contribution in [2.24, 2.45) is 16.5 Å². The molecule has 0 radical (unpaired) electrons. The van der Waals surface area contributed by atoms with Gasteiger partial charge in [0.1, 0.15) is 6.54 Å². The summed E-state index contributed by atoms with van der Waals surface area (Å²) in [7, 11) is -3.90. The molecule has 12 heteroatoms. The lowest BCUT2D eigenvalue weighted by Gasteiger charge is -2.20. The van der Waals surface area contributed by atoms with E-state index in [9.17, 15) is 13.2 Å². The molecule has 27 heavy (non-hydrogen) atoms. The molecular weight excluding hydrogens is 374 g/mol. The minimum absolute atomic E-state index is 0.0118. The SMILES string of the molecule is C=C/C=C(\C)S(=O)(=O)N(CCn1cc(CCCN=C(N)N)nn1)CC(=O)O. The number of aliphatic carboxylic acids is 1. The predicted molar refractivity (Wildman–Crippen MR) is 101 cm³/mol. The fourth-order valence-corrected chi connectivity index (χ4v) is 3.41. The zero-order valence-corrected chi connectivity index (χ0v) is 16.0. The van der Waals surface area contributed by atoms with Gasteiger partial charge in [-0.1, -0.05) is 17.9 Å². The highest BCUT2D eigenvalue weighted by Gasteiger charge is 2.26. The number of aliphatic imine (C=N–C) groups is 1. The molecule has 0 saturated heterocycles. The zero-order valence-electron chi connectivity index (χ0n) is 15.2. The Bertz CT molecular complexity index is 810. The summed E-state index contributed by atoms with van der Waals surface area (Å²) >= 11 is 0. The maximum atomic E-state index is 12.5. The molecule has 1 heterocycles. The van der Waals surface area contributed by atoms with Crippen LogP contribution in [0.2, 0.25) is 0 Å². The summed E-state index contributed by atoms with van der Waals surface area (Å²) in [4.78, 5) is 14.9. The second kappa shape index (κ2) is 10.4. The standard InChI is InChI=1S/C15H25N7O4S/c1-3-5-12(2)27(25,26)22(11-14(23)24)9-8-21-10-13(19-20-21)6-4-7-18-15(16)17/h3,5,10H,1,4,6-9,11H2,2H3,(H,23,24)(H4,16,17,18)/b12-5+. The molecule has 11 nitrogen and oxygen atoms in total. The molecule has 1 rings (SSSR count). The van der Waals surface area contributed by atoms with E-state index >= 15 is 0 Å². The molecule has 0 unspecified atom stereocenters. The molecule has 5 N–H and O–H groups in total. The highest BCUT2D eigenvalue weighted by atomic mass is 32.2. The Morgan fingerprint density at radius 2 is 2.19 bits per heavy atom. The van der Waals surface area contributed by atoms with E-state index < -0.39 is 22.5 Å². The number of hydrogen-bond donors (Lipinski definition) is 3. The number of nitrogens with zero attached hydrogens (tertiary/aromatic N) is 5. The van der Waals surface area contributed by atoms with Crippen LogP contribution in [0.5, 0.6) is 0 Å². The van der Waals surface area contributed by atoms with Gasteiger partial charge in [0, 0.05) is 19.3 Å². The minimum atomic E-state index is -3.90. The Labute approximate surface area is 158 Å². The Morgan fingerprint density at radius 1 is 1.48 bits per heavy atom. The number of hydrogen-bond acceptors (Lipinski definition) is 6. The van der Waals surface area contributed by atoms with E-state index in [1.807, 2.05) is 0 Å². The predicted octanol–water partition coefficient (Wildman–Crippen LogP) is -0.710. The van der Waals surface area contributed by atoms with Gasteiger partial charge in [-0.05, 0) is 25.8 Å². The fraction of sp³-hybridized carbons (Fsp3) is 0.467. The highest BCUT2D eigenvalue weighted by Crippen LogP contribution is 2.13. The monoisotopic (exact) mass is 399 g/mol. The van der Waals surface area contributed by atoms with Crippen LogP contribution in [0.25, 0.3) is 0 Å². The smallest absolute Gasteiger partial charge is 0.318 e. The van der Waals surface area contributed by atoms with Crippen molar-refractivity contribution in [2.75, 3.05) is 19.6 Å². The fourth-order valence-electron chi connectivity index (χ4n) is 2.14. The van der Waals surface area contributed by atoms with Gasteiger partial charge in [-0.3, -0.25) is 14.5 Å².